The second-order valence-corrected chi connectivity index (χ2v) is 7.90. The molecule has 1 aliphatic rings. The summed E-state index contributed by atoms with van der Waals surface area (Å²) < 4.78 is 7.47. The Morgan fingerprint density at radius 3 is 2.67 bits per heavy atom. The Hall–Kier alpha value is -3.45. The van der Waals surface area contributed by atoms with Crippen molar-refractivity contribution in [3.8, 4) is 17.1 Å². The molecule has 1 aromatic carbocycles. The van der Waals surface area contributed by atoms with Crippen LogP contribution < -0.4 is 15.8 Å². The molecule has 2 unspecified atom stereocenters. The van der Waals surface area contributed by atoms with Gasteiger partial charge in [0.05, 0.1) is 11.3 Å². The van der Waals surface area contributed by atoms with Crippen LogP contribution in [0, 0.1) is 0 Å². The number of piperazine rings is 1. The van der Waals surface area contributed by atoms with Gasteiger partial charge in [0.1, 0.15) is 17.7 Å². The van der Waals surface area contributed by atoms with E-state index in [2.05, 4.69) is 40.1 Å². The van der Waals surface area contributed by atoms with Crippen molar-refractivity contribution in [3.63, 3.8) is 0 Å². The van der Waals surface area contributed by atoms with Gasteiger partial charge in [-0.05, 0) is 44.2 Å². The molecule has 152 valence electrons. The molecule has 4 heterocycles. The Labute approximate surface area is 174 Å². The van der Waals surface area contributed by atoms with Crippen LogP contribution in [-0.2, 0) is 0 Å². The molecule has 4 aromatic rings. The quantitative estimate of drug-likeness (QED) is 0.531. The molecule has 0 radical (unpaired) electrons. The van der Waals surface area contributed by atoms with Gasteiger partial charge in [-0.25, -0.2) is 14.8 Å². The Bertz CT molecular complexity index is 1240. The molecule has 2 atom stereocenters. The summed E-state index contributed by atoms with van der Waals surface area (Å²) in [5.74, 6) is 0.741. The van der Waals surface area contributed by atoms with Crippen molar-refractivity contribution in [3.05, 3.63) is 71.6 Å². The number of imidazole rings is 1. The first-order chi connectivity index (χ1) is 14.6. The zero-order chi connectivity index (χ0) is 20.7. The first kappa shape index (κ1) is 18.6. The number of rotatable bonds is 3. The second kappa shape index (κ2) is 7.42. The summed E-state index contributed by atoms with van der Waals surface area (Å²) in [6, 6.07) is 14.4. The summed E-state index contributed by atoms with van der Waals surface area (Å²) >= 11 is 0. The van der Waals surface area contributed by atoms with E-state index in [0.717, 1.165) is 30.0 Å². The highest BCUT2D eigenvalue weighted by Crippen LogP contribution is 2.26. The lowest BCUT2D eigenvalue weighted by atomic mass is 10.1. The van der Waals surface area contributed by atoms with E-state index in [9.17, 15) is 4.79 Å². The Morgan fingerprint density at radius 2 is 1.90 bits per heavy atom. The van der Waals surface area contributed by atoms with Gasteiger partial charge in [-0.15, -0.1) is 0 Å². The van der Waals surface area contributed by atoms with Gasteiger partial charge in [-0.3, -0.25) is 4.57 Å². The number of hydrogen-bond acceptors (Lipinski definition) is 6. The third kappa shape index (κ3) is 3.48. The summed E-state index contributed by atoms with van der Waals surface area (Å²) in [7, 11) is 0. The van der Waals surface area contributed by atoms with Crippen molar-refractivity contribution >= 4 is 16.7 Å². The van der Waals surface area contributed by atoms with Gasteiger partial charge >= 0.3 is 5.63 Å². The fourth-order valence-electron chi connectivity index (χ4n) is 4.11. The van der Waals surface area contributed by atoms with Gasteiger partial charge in [-0.2, -0.15) is 0 Å². The Morgan fingerprint density at radius 1 is 1.07 bits per heavy atom. The highest BCUT2D eigenvalue weighted by Gasteiger charge is 2.21. The van der Waals surface area contributed by atoms with E-state index in [0.29, 0.717) is 28.9 Å². The molecule has 7 heteroatoms. The average molecular weight is 401 g/mol. The lowest BCUT2D eigenvalue weighted by molar-refractivity contribution is 0.407. The maximum Gasteiger partial charge on any atom is 0.345 e. The molecule has 0 bridgehead atoms. The minimum absolute atomic E-state index is 0.395. The molecule has 0 spiro atoms. The molecule has 1 saturated heterocycles. The molecule has 30 heavy (non-hydrogen) atoms. The first-order valence-electron chi connectivity index (χ1n) is 10.1. The molecule has 0 amide bonds. The van der Waals surface area contributed by atoms with Crippen LogP contribution in [0.1, 0.15) is 13.8 Å². The Balaban J connectivity index is 1.49. The lowest BCUT2D eigenvalue weighted by Crippen LogP contribution is -2.54. The topological polar surface area (TPSA) is 76.2 Å². The predicted molar refractivity (Wildman–Crippen MR) is 117 cm³/mol. The molecule has 0 saturated carbocycles. The van der Waals surface area contributed by atoms with Crippen molar-refractivity contribution in [1.82, 2.24) is 19.9 Å². The maximum atomic E-state index is 12.7. The van der Waals surface area contributed by atoms with Crippen molar-refractivity contribution in [2.75, 3.05) is 18.0 Å². The maximum absolute atomic E-state index is 12.7. The van der Waals surface area contributed by atoms with E-state index in [4.69, 9.17) is 4.42 Å². The molecule has 1 N–H and O–H groups in total. The first-order valence-corrected chi connectivity index (χ1v) is 10.1. The van der Waals surface area contributed by atoms with Crippen LogP contribution in [0.25, 0.3) is 28.0 Å². The number of hydrogen-bond donors (Lipinski definition) is 1. The number of anilines is 1. The third-order valence-corrected chi connectivity index (χ3v) is 5.41. The number of benzene rings is 1. The number of nitrogens with zero attached hydrogens (tertiary/aromatic N) is 4. The van der Waals surface area contributed by atoms with Gasteiger partial charge in [-0.1, -0.05) is 6.07 Å². The highest BCUT2D eigenvalue weighted by atomic mass is 16.4. The number of pyridine rings is 1. The molecule has 5 rings (SSSR count). The molecule has 1 aliphatic heterocycles. The van der Waals surface area contributed by atoms with Crippen molar-refractivity contribution in [1.29, 1.82) is 0 Å². The summed E-state index contributed by atoms with van der Waals surface area (Å²) in [4.78, 5) is 23.7. The molecule has 1 fully saturated rings. The number of aromatic nitrogens is 3. The van der Waals surface area contributed by atoms with Gasteiger partial charge < -0.3 is 14.6 Å². The van der Waals surface area contributed by atoms with Crippen LogP contribution in [0.15, 0.2) is 70.4 Å². The average Bonchev–Trinajstić information content (AvgIpc) is 3.23. The summed E-state index contributed by atoms with van der Waals surface area (Å²) in [5, 5.41) is 4.41. The fraction of sp³-hybridized carbons (Fsp3) is 0.261. The molecular formula is C23H23N5O2. The lowest BCUT2D eigenvalue weighted by Gasteiger charge is -2.37. The van der Waals surface area contributed by atoms with Crippen molar-refractivity contribution in [2.45, 2.75) is 25.9 Å². The minimum atomic E-state index is -0.395. The second-order valence-electron chi connectivity index (χ2n) is 7.90. The van der Waals surface area contributed by atoms with Crippen LogP contribution in [0.4, 0.5) is 5.69 Å². The smallest absolute Gasteiger partial charge is 0.345 e. The van der Waals surface area contributed by atoms with E-state index in [1.54, 1.807) is 23.3 Å². The molecule has 3 aromatic heterocycles. The standard InChI is InChI=1S/C23H23N5O2/c1-15-11-27(12-16(2)26-15)18-7-6-17-9-19(23(29)30-21(17)10-18)20-13-28(14-25-20)22-5-3-4-8-24-22/h3-10,13-16,26H,11-12H2,1-2H3. The normalized spacial score (nSPS) is 19.3. The third-order valence-electron chi connectivity index (χ3n) is 5.41. The zero-order valence-electron chi connectivity index (χ0n) is 16.9. The summed E-state index contributed by atoms with van der Waals surface area (Å²) in [5.41, 5.74) is 2.26. The van der Waals surface area contributed by atoms with E-state index in [1.807, 2.05) is 36.4 Å². The van der Waals surface area contributed by atoms with E-state index >= 15 is 0 Å². The monoisotopic (exact) mass is 401 g/mol. The fourth-order valence-corrected chi connectivity index (χ4v) is 4.11. The van der Waals surface area contributed by atoms with Crippen LogP contribution in [0.3, 0.4) is 0 Å². The SMILES string of the molecule is CC1CN(c2ccc3cc(-c4cn(-c5ccccn5)cn4)c(=O)oc3c2)CC(C)N1. The molecule has 0 aliphatic carbocycles. The minimum Gasteiger partial charge on any atom is -0.422 e. The Kier molecular flexibility index (Phi) is 4.59. The van der Waals surface area contributed by atoms with Crippen LogP contribution in [0.5, 0.6) is 0 Å². The van der Waals surface area contributed by atoms with Crippen LogP contribution in [-0.4, -0.2) is 39.7 Å². The number of fused-ring (bicyclic) bond motifs is 1. The van der Waals surface area contributed by atoms with E-state index in [1.165, 1.54) is 0 Å². The molecule has 7 nitrogen and oxygen atoms in total. The van der Waals surface area contributed by atoms with E-state index in [-0.39, 0.29) is 0 Å². The van der Waals surface area contributed by atoms with Crippen LogP contribution >= 0.6 is 0 Å². The van der Waals surface area contributed by atoms with Gasteiger partial charge in [0.2, 0.25) is 0 Å². The van der Waals surface area contributed by atoms with E-state index < -0.39 is 5.63 Å². The molecular weight excluding hydrogens is 378 g/mol. The largest absolute Gasteiger partial charge is 0.422 e. The zero-order valence-corrected chi connectivity index (χ0v) is 16.9. The van der Waals surface area contributed by atoms with Gasteiger partial charge in [0.15, 0.2) is 0 Å². The van der Waals surface area contributed by atoms with Gasteiger partial charge in [0, 0.05) is 54.7 Å². The summed E-state index contributed by atoms with van der Waals surface area (Å²) in [6.45, 7) is 6.20. The van der Waals surface area contributed by atoms with Gasteiger partial charge in [0.25, 0.3) is 0 Å². The summed E-state index contributed by atoms with van der Waals surface area (Å²) in [6.07, 6.45) is 5.16. The van der Waals surface area contributed by atoms with Crippen LogP contribution in [0.2, 0.25) is 0 Å². The van der Waals surface area contributed by atoms with Crippen molar-refractivity contribution in [2.24, 2.45) is 0 Å². The highest BCUT2D eigenvalue weighted by molar-refractivity contribution is 5.84. The number of nitrogens with one attached hydrogen (secondary N) is 1. The van der Waals surface area contributed by atoms with Crippen molar-refractivity contribution < 1.29 is 4.42 Å². The predicted octanol–water partition coefficient (Wildman–Crippen LogP) is 3.23.